The third-order valence-electron chi connectivity index (χ3n) is 1.83. The summed E-state index contributed by atoms with van der Waals surface area (Å²) in [5, 5.41) is 0. The smallest absolute Gasteiger partial charge is 0.0493 e. The molecule has 66 valence electrons. The van der Waals surface area contributed by atoms with Crippen LogP contribution in [0, 0.1) is 0 Å². The molecule has 0 amide bonds. The fourth-order valence-electron chi connectivity index (χ4n) is 1.07. The number of unbranched alkanes of at least 4 members (excludes halogenated alkanes) is 1. The van der Waals surface area contributed by atoms with E-state index >= 15 is 0 Å². The Labute approximate surface area is 70.9 Å². The van der Waals surface area contributed by atoms with Gasteiger partial charge in [-0.2, -0.15) is 0 Å². The third-order valence-corrected chi connectivity index (χ3v) is 1.83. The molecule has 0 aliphatic rings. The third kappa shape index (κ3) is 6.08. The van der Waals surface area contributed by atoms with Gasteiger partial charge in [0.1, 0.15) is 0 Å². The number of hydrogen-bond acceptors (Lipinski definition) is 1. The summed E-state index contributed by atoms with van der Waals surface area (Å²) in [6, 6.07) is 0.589. The Morgan fingerprint density at radius 1 is 1.18 bits per heavy atom. The van der Waals surface area contributed by atoms with Crippen LogP contribution in [0.3, 0.4) is 0 Å². The molecule has 0 radical (unpaired) electrons. The molecule has 0 N–H and O–H groups in total. The van der Waals surface area contributed by atoms with Gasteiger partial charge in [-0.3, -0.25) is 4.99 Å². The van der Waals surface area contributed by atoms with Gasteiger partial charge in [0.25, 0.3) is 0 Å². The highest BCUT2D eigenvalue weighted by Crippen LogP contribution is 2.05. The molecule has 0 aliphatic heterocycles. The Morgan fingerprint density at radius 2 is 1.91 bits per heavy atom. The highest BCUT2D eigenvalue weighted by molar-refractivity contribution is 5.57. The number of nitrogens with zero attached hydrogens (tertiary/aromatic N) is 1. The van der Waals surface area contributed by atoms with Crippen LogP contribution in [-0.2, 0) is 0 Å². The highest BCUT2D eigenvalue weighted by atomic mass is 14.8. The van der Waals surface area contributed by atoms with E-state index in [9.17, 15) is 0 Å². The molecule has 0 aliphatic carbocycles. The van der Waals surface area contributed by atoms with Gasteiger partial charge in [0, 0.05) is 6.04 Å². The SMILES string of the molecule is CCCC=NC(CC)CCC. The van der Waals surface area contributed by atoms with Crippen molar-refractivity contribution in [2.45, 2.75) is 58.9 Å². The lowest BCUT2D eigenvalue weighted by Gasteiger charge is -2.06. The monoisotopic (exact) mass is 155 g/mol. The van der Waals surface area contributed by atoms with Crippen molar-refractivity contribution in [3.63, 3.8) is 0 Å². The molecular weight excluding hydrogens is 134 g/mol. The summed E-state index contributed by atoms with van der Waals surface area (Å²) in [5.41, 5.74) is 0. The lowest BCUT2D eigenvalue weighted by Crippen LogP contribution is -2.01. The minimum absolute atomic E-state index is 0.589. The molecule has 0 aromatic rings. The van der Waals surface area contributed by atoms with Crippen molar-refractivity contribution in [3.05, 3.63) is 0 Å². The minimum Gasteiger partial charge on any atom is -0.294 e. The predicted octanol–water partition coefficient (Wildman–Crippen LogP) is 3.44. The van der Waals surface area contributed by atoms with Gasteiger partial charge in [-0.15, -0.1) is 0 Å². The standard InChI is InChI=1S/C10H21N/c1-4-7-9-11-10(6-3)8-5-2/h9-10H,4-8H2,1-3H3. The Hall–Kier alpha value is -0.330. The van der Waals surface area contributed by atoms with E-state index in [2.05, 4.69) is 32.0 Å². The minimum atomic E-state index is 0.589. The molecule has 0 rings (SSSR count). The fraction of sp³-hybridized carbons (Fsp3) is 0.900. The molecule has 1 atom stereocenters. The highest BCUT2D eigenvalue weighted by Gasteiger charge is 1.98. The molecule has 11 heavy (non-hydrogen) atoms. The Bertz CT molecular complexity index is 97.0. The van der Waals surface area contributed by atoms with Gasteiger partial charge in [0.2, 0.25) is 0 Å². The second-order valence-corrected chi connectivity index (χ2v) is 2.97. The summed E-state index contributed by atoms with van der Waals surface area (Å²) in [5.74, 6) is 0. The first-order valence-corrected chi connectivity index (χ1v) is 4.86. The molecule has 0 saturated heterocycles. The Kier molecular flexibility index (Phi) is 7.54. The molecule has 0 saturated carbocycles. The first kappa shape index (κ1) is 10.7. The maximum absolute atomic E-state index is 4.50. The number of rotatable bonds is 6. The van der Waals surface area contributed by atoms with Gasteiger partial charge in [0.15, 0.2) is 0 Å². The van der Waals surface area contributed by atoms with Crippen molar-refractivity contribution >= 4 is 6.21 Å². The van der Waals surface area contributed by atoms with E-state index in [-0.39, 0.29) is 0 Å². The lowest BCUT2D eigenvalue weighted by molar-refractivity contribution is 0.590. The van der Waals surface area contributed by atoms with Gasteiger partial charge in [-0.1, -0.05) is 33.6 Å². The first-order chi connectivity index (χ1) is 5.35. The average Bonchev–Trinajstić information content (AvgIpc) is 2.03. The van der Waals surface area contributed by atoms with Crippen LogP contribution in [0.25, 0.3) is 0 Å². The molecular formula is C10H21N. The molecule has 0 aromatic heterocycles. The van der Waals surface area contributed by atoms with E-state index in [1.807, 2.05) is 0 Å². The van der Waals surface area contributed by atoms with Gasteiger partial charge in [-0.05, 0) is 25.5 Å². The molecule has 1 heteroatoms. The Balaban J connectivity index is 3.49. The van der Waals surface area contributed by atoms with E-state index in [4.69, 9.17) is 0 Å². The second kappa shape index (κ2) is 7.77. The van der Waals surface area contributed by atoms with Crippen molar-refractivity contribution in [2.24, 2.45) is 4.99 Å². The maximum atomic E-state index is 4.50. The predicted molar refractivity (Wildman–Crippen MR) is 52.4 cm³/mol. The summed E-state index contributed by atoms with van der Waals surface area (Å²) < 4.78 is 0. The molecule has 0 heterocycles. The normalized spacial score (nSPS) is 14.1. The van der Waals surface area contributed by atoms with E-state index < -0.39 is 0 Å². The zero-order valence-corrected chi connectivity index (χ0v) is 8.14. The van der Waals surface area contributed by atoms with Crippen molar-refractivity contribution in [2.75, 3.05) is 0 Å². The molecule has 1 unspecified atom stereocenters. The molecule has 0 bridgehead atoms. The molecule has 0 aromatic carbocycles. The topological polar surface area (TPSA) is 12.4 Å². The van der Waals surface area contributed by atoms with Crippen molar-refractivity contribution < 1.29 is 0 Å². The van der Waals surface area contributed by atoms with Crippen LogP contribution in [-0.4, -0.2) is 12.3 Å². The molecule has 1 nitrogen and oxygen atoms in total. The Morgan fingerprint density at radius 3 is 2.36 bits per heavy atom. The van der Waals surface area contributed by atoms with E-state index in [0.717, 1.165) is 6.42 Å². The maximum Gasteiger partial charge on any atom is 0.0493 e. The van der Waals surface area contributed by atoms with Crippen LogP contribution in [0.2, 0.25) is 0 Å². The fourth-order valence-corrected chi connectivity index (χ4v) is 1.07. The number of aliphatic imine (C=N–C) groups is 1. The number of hydrogen-bond donors (Lipinski definition) is 0. The zero-order chi connectivity index (χ0) is 8.53. The van der Waals surface area contributed by atoms with Crippen molar-refractivity contribution in [1.29, 1.82) is 0 Å². The van der Waals surface area contributed by atoms with E-state index in [1.54, 1.807) is 0 Å². The summed E-state index contributed by atoms with van der Waals surface area (Å²) in [6.07, 6.45) is 8.13. The van der Waals surface area contributed by atoms with Crippen LogP contribution >= 0.6 is 0 Å². The zero-order valence-electron chi connectivity index (χ0n) is 8.14. The average molecular weight is 155 g/mol. The summed E-state index contributed by atoms with van der Waals surface area (Å²) in [4.78, 5) is 4.50. The van der Waals surface area contributed by atoms with Crippen LogP contribution in [0.15, 0.2) is 4.99 Å². The van der Waals surface area contributed by atoms with Crippen LogP contribution in [0.1, 0.15) is 52.9 Å². The molecule has 0 fully saturated rings. The summed E-state index contributed by atoms with van der Waals surface area (Å²) in [7, 11) is 0. The second-order valence-electron chi connectivity index (χ2n) is 2.97. The summed E-state index contributed by atoms with van der Waals surface area (Å²) in [6.45, 7) is 6.62. The van der Waals surface area contributed by atoms with Gasteiger partial charge >= 0.3 is 0 Å². The van der Waals surface area contributed by atoms with E-state index in [1.165, 1.54) is 25.7 Å². The quantitative estimate of drug-likeness (QED) is 0.521. The van der Waals surface area contributed by atoms with Crippen LogP contribution < -0.4 is 0 Å². The van der Waals surface area contributed by atoms with Crippen LogP contribution in [0.4, 0.5) is 0 Å². The molecule has 0 spiro atoms. The summed E-state index contributed by atoms with van der Waals surface area (Å²) >= 11 is 0. The van der Waals surface area contributed by atoms with Gasteiger partial charge in [-0.25, -0.2) is 0 Å². The van der Waals surface area contributed by atoms with Crippen molar-refractivity contribution in [1.82, 2.24) is 0 Å². The first-order valence-electron chi connectivity index (χ1n) is 4.86. The van der Waals surface area contributed by atoms with Gasteiger partial charge in [0.05, 0.1) is 0 Å². The van der Waals surface area contributed by atoms with E-state index in [0.29, 0.717) is 6.04 Å². The largest absolute Gasteiger partial charge is 0.294 e. The van der Waals surface area contributed by atoms with Crippen LogP contribution in [0.5, 0.6) is 0 Å². The van der Waals surface area contributed by atoms with Crippen molar-refractivity contribution in [3.8, 4) is 0 Å². The van der Waals surface area contributed by atoms with Gasteiger partial charge < -0.3 is 0 Å². The lowest BCUT2D eigenvalue weighted by atomic mass is 10.1.